The third-order valence-electron chi connectivity index (χ3n) is 3.01. The van der Waals surface area contributed by atoms with Crippen molar-refractivity contribution in [2.24, 2.45) is 0 Å². The van der Waals surface area contributed by atoms with Gasteiger partial charge in [-0.2, -0.15) is 0 Å². The molecule has 0 fully saturated rings. The lowest BCUT2D eigenvalue weighted by Gasteiger charge is -2.22. The van der Waals surface area contributed by atoms with Crippen molar-refractivity contribution in [1.82, 2.24) is 4.98 Å². The molecule has 0 aliphatic carbocycles. The number of benzene rings is 1. The number of halogens is 1. The first kappa shape index (κ1) is 15.4. The molecule has 6 heteroatoms. The summed E-state index contributed by atoms with van der Waals surface area (Å²) in [5, 5.41) is 5.12. The Morgan fingerprint density at radius 3 is 2.71 bits per heavy atom. The first-order valence-corrected chi connectivity index (χ1v) is 7.82. The number of nitrogens with one attached hydrogen (secondary N) is 1. The quantitative estimate of drug-likeness (QED) is 0.798. The highest BCUT2D eigenvalue weighted by Crippen LogP contribution is 2.18. The monoisotopic (exact) mass is 307 g/mol. The standard InChI is InChI=1S/C15H18FN3OS/c1-2-3-4-10-19(13-7-5-12(16)6-8-13)15(20)18-14-17-9-11-21-14/h5-9,11H,2-4,10H2,1H3,(H,17,18,20). The van der Waals surface area contributed by atoms with E-state index < -0.39 is 0 Å². The number of nitrogens with zero attached hydrogens (tertiary/aromatic N) is 2. The fourth-order valence-electron chi connectivity index (χ4n) is 1.93. The fourth-order valence-corrected chi connectivity index (χ4v) is 2.45. The van der Waals surface area contributed by atoms with Crippen molar-refractivity contribution in [2.75, 3.05) is 16.8 Å². The van der Waals surface area contributed by atoms with Crippen LogP contribution in [0.2, 0.25) is 0 Å². The van der Waals surface area contributed by atoms with Crippen LogP contribution in [0.25, 0.3) is 0 Å². The third kappa shape index (κ3) is 4.53. The zero-order valence-corrected chi connectivity index (χ0v) is 12.7. The summed E-state index contributed by atoms with van der Waals surface area (Å²) in [7, 11) is 0. The number of hydrogen-bond donors (Lipinski definition) is 1. The summed E-state index contributed by atoms with van der Waals surface area (Å²) in [5.41, 5.74) is 0.682. The normalized spacial score (nSPS) is 10.4. The van der Waals surface area contributed by atoms with Gasteiger partial charge in [0.15, 0.2) is 5.13 Å². The van der Waals surface area contributed by atoms with Crippen molar-refractivity contribution in [2.45, 2.75) is 26.2 Å². The maximum absolute atomic E-state index is 13.0. The zero-order valence-electron chi connectivity index (χ0n) is 11.9. The first-order chi connectivity index (χ1) is 10.2. The molecule has 2 rings (SSSR count). The first-order valence-electron chi connectivity index (χ1n) is 6.94. The van der Waals surface area contributed by atoms with Gasteiger partial charge >= 0.3 is 6.03 Å². The molecule has 0 aliphatic rings. The predicted octanol–water partition coefficient (Wildman–Crippen LogP) is 4.51. The van der Waals surface area contributed by atoms with Crippen molar-refractivity contribution in [3.05, 3.63) is 41.7 Å². The van der Waals surface area contributed by atoms with Gasteiger partial charge in [-0.3, -0.25) is 10.2 Å². The van der Waals surface area contributed by atoms with Crippen LogP contribution in [0.4, 0.5) is 20.0 Å². The Morgan fingerprint density at radius 1 is 1.33 bits per heavy atom. The van der Waals surface area contributed by atoms with Gasteiger partial charge in [-0.05, 0) is 30.7 Å². The van der Waals surface area contributed by atoms with Crippen LogP contribution in [0.15, 0.2) is 35.8 Å². The van der Waals surface area contributed by atoms with Gasteiger partial charge in [0.05, 0.1) is 0 Å². The molecule has 4 nitrogen and oxygen atoms in total. The molecule has 0 saturated heterocycles. The molecule has 1 N–H and O–H groups in total. The molecule has 0 unspecified atom stereocenters. The number of aromatic nitrogens is 1. The van der Waals surface area contributed by atoms with Crippen molar-refractivity contribution in [3.63, 3.8) is 0 Å². The van der Waals surface area contributed by atoms with Crippen LogP contribution < -0.4 is 10.2 Å². The summed E-state index contributed by atoms with van der Waals surface area (Å²) in [6.45, 7) is 2.70. The number of rotatable bonds is 6. The van der Waals surface area contributed by atoms with Crippen molar-refractivity contribution < 1.29 is 9.18 Å². The molecule has 0 bridgehead atoms. The summed E-state index contributed by atoms with van der Waals surface area (Å²) < 4.78 is 13.0. The lowest BCUT2D eigenvalue weighted by Crippen LogP contribution is -2.35. The maximum Gasteiger partial charge on any atom is 0.328 e. The van der Waals surface area contributed by atoms with E-state index in [9.17, 15) is 9.18 Å². The van der Waals surface area contributed by atoms with E-state index in [-0.39, 0.29) is 11.8 Å². The minimum atomic E-state index is -0.312. The second kappa shape index (κ2) is 7.73. The lowest BCUT2D eigenvalue weighted by molar-refractivity contribution is 0.256. The lowest BCUT2D eigenvalue weighted by atomic mass is 10.2. The van der Waals surface area contributed by atoms with E-state index in [1.165, 1.54) is 23.5 Å². The average Bonchev–Trinajstić information content (AvgIpc) is 2.98. The summed E-state index contributed by atoms with van der Waals surface area (Å²) >= 11 is 1.36. The Balaban J connectivity index is 2.10. The zero-order chi connectivity index (χ0) is 15.1. The van der Waals surface area contributed by atoms with E-state index in [0.717, 1.165) is 19.3 Å². The number of carbonyl (C=O) groups excluding carboxylic acids is 1. The molecule has 2 amide bonds. The molecule has 0 radical (unpaired) electrons. The van der Waals surface area contributed by atoms with Gasteiger partial charge in [-0.25, -0.2) is 14.2 Å². The second-order valence-corrected chi connectivity index (χ2v) is 5.50. The molecular weight excluding hydrogens is 289 g/mol. The maximum atomic E-state index is 13.0. The topological polar surface area (TPSA) is 45.2 Å². The average molecular weight is 307 g/mol. The molecule has 1 heterocycles. The van der Waals surface area contributed by atoms with Crippen LogP contribution in [0.3, 0.4) is 0 Å². The Morgan fingerprint density at radius 2 is 2.10 bits per heavy atom. The van der Waals surface area contributed by atoms with Crippen molar-refractivity contribution >= 4 is 28.2 Å². The highest BCUT2D eigenvalue weighted by Gasteiger charge is 2.16. The largest absolute Gasteiger partial charge is 0.328 e. The van der Waals surface area contributed by atoms with E-state index in [4.69, 9.17) is 0 Å². The minimum Gasteiger partial charge on any atom is -0.294 e. The molecule has 112 valence electrons. The van der Waals surface area contributed by atoms with Gasteiger partial charge in [0.2, 0.25) is 0 Å². The fraction of sp³-hybridized carbons (Fsp3) is 0.333. The van der Waals surface area contributed by atoms with Gasteiger partial charge < -0.3 is 0 Å². The van der Waals surface area contributed by atoms with Gasteiger partial charge in [-0.1, -0.05) is 19.8 Å². The second-order valence-electron chi connectivity index (χ2n) is 4.60. The van der Waals surface area contributed by atoms with Crippen LogP contribution in [-0.2, 0) is 0 Å². The van der Waals surface area contributed by atoms with Gasteiger partial charge in [0, 0.05) is 23.8 Å². The molecule has 21 heavy (non-hydrogen) atoms. The van der Waals surface area contributed by atoms with Gasteiger partial charge in [-0.15, -0.1) is 11.3 Å². The number of anilines is 2. The molecule has 1 aromatic carbocycles. The highest BCUT2D eigenvalue weighted by molar-refractivity contribution is 7.13. The number of amides is 2. The van der Waals surface area contributed by atoms with E-state index in [0.29, 0.717) is 17.4 Å². The summed E-state index contributed by atoms with van der Waals surface area (Å²) in [4.78, 5) is 18.0. The van der Waals surface area contributed by atoms with Crippen LogP contribution in [0.1, 0.15) is 26.2 Å². The summed E-state index contributed by atoms with van der Waals surface area (Å²) in [5.74, 6) is -0.312. The van der Waals surface area contributed by atoms with Crippen molar-refractivity contribution in [3.8, 4) is 0 Å². The third-order valence-corrected chi connectivity index (χ3v) is 3.70. The molecule has 0 aliphatic heterocycles. The number of hydrogen-bond acceptors (Lipinski definition) is 3. The molecule has 1 aromatic heterocycles. The summed E-state index contributed by atoms with van der Waals surface area (Å²) in [6, 6.07) is 5.70. The molecule has 2 aromatic rings. The Labute approximate surface area is 127 Å². The summed E-state index contributed by atoms with van der Waals surface area (Å²) in [6.07, 6.45) is 4.66. The van der Waals surface area contributed by atoms with Crippen LogP contribution in [0, 0.1) is 5.82 Å². The van der Waals surface area contributed by atoms with Crippen molar-refractivity contribution in [1.29, 1.82) is 0 Å². The van der Waals surface area contributed by atoms with Crippen LogP contribution in [0.5, 0.6) is 0 Å². The van der Waals surface area contributed by atoms with Crippen LogP contribution in [-0.4, -0.2) is 17.6 Å². The van der Waals surface area contributed by atoms with Gasteiger partial charge in [0.1, 0.15) is 5.82 Å². The number of urea groups is 1. The van der Waals surface area contributed by atoms with E-state index in [1.54, 1.807) is 28.6 Å². The Bertz CT molecular complexity index is 557. The van der Waals surface area contributed by atoms with E-state index in [2.05, 4.69) is 17.2 Å². The number of thiazole rings is 1. The molecule has 0 saturated carbocycles. The molecule has 0 spiro atoms. The number of carbonyl (C=O) groups is 1. The Kier molecular flexibility index (Phi) is 5.68. The van der Waals surface area contributed by atoms with E-state index >= 15 is 0 Å². The predicted molar refractivity (Wildman–Crippen MR) is 84.4 cm³/mol. The molecular formula is C15H18FN3OS. The SMILES string of the molecule is CCCCCN(C(=O)Nc1nccs1)c1ccc(F)cc1. The minimum absolute atomic E-state index is 0.243. The highest BCUT2D eigenvalue weighted by atomic mass is 32.1. The smallest absolute Gasteiger partial charge is 0.294 e. The van der Waals surface area contributed by atoms with E-state index in [1.807, 2.05) is 0 Å². The Hall–Kier alpha value is -1.95. The number of unbranched alkanes of at least 4 members (excludes halogenated alkanes) is 2. The van der Waals surface area contributed by atoms with Crippen LogP contribution >= 0.6 is 11.3 Å². The molecule has 0 atom stereocenters. The van der Waals surface area contributed by atoms with Gasteiger partial charge in [0.25, 0.3) is 0 Å².